The summed E-state index contributed by atoms with van der Waals surface area (Å²) in [6.45, 7) is 6.15. The Bertz CT molecular complexity index is 180. The number of piperidine rings is 1. The van der Waals surface area contributed by atoms with Crippen LogP contribution in [0.15, 0.2) is 0 Å². The number of hydrogen-bond donors (Lipinski definition) is 1. The van der Waals surface area contributed by atoms with Crippen LogP contribution in [0.4, 0.5) is 0 Å². The molecular formula is C12H23NO2. The van der Waals surface area contributed by atoms with Crippen LogP contribution in [0.25, 0.3) is 0 Å². The largest absolute Gasteiger partial charge is 0.381 e. The summed E-state index contributed by atoms with van der Waals surface area (Å²) in [4.78, 5) is 0. The van der Waals surface area contributed by atoms with Crippen LogP contribution in [0.1, 0.15) is 32.6 Å². The van der Waals surface area contributed by atoms with Gasteiger partial charge in [0.1, 0.15) is 0 Å². The van der Waals surface area contributed by atoms with Crippen LogP contribution in [0.2, 0.25) is 0 Å². The van der Waals surface area contributed by atoms with Crippen LogP contribution < -0.4 is 5.32 Å². The van der Waals surface area contributed by atoms with Gasteiger partial charge < -0.3 is 14.8 Å². The highest BCUT2D eigenvalue weighted by molar-refractivity contribution is 4.76. The van der Waals surface area contributed by atoms with Crippen molar-refractivity contribution in [2.45, 2.75) is 44.8 Å². The molecule has 3 heteroatoms. The molecule has 2 unspecified atom stereocenters. The highest BCUT2D eigenvalue weighted by Gasteiger charge is 2.21. The predicted molar refractivity (Wildman–Crippen MR) is 60.0 cm³/mol. The molecule has 2 aliphatic rings. The highest BCUT2D eigenvalue weighted by Crippen LogP contribution is 2.18. The van der Waals surface area contributed by atoms with E-state index in [9.17, 15) is 0 Å². The third kappa shape index (κ3) is 3.74. The summed E-state index contributed by atoms with van der Waals surface area (Å²) < 4.78 is 11.3. The fourth-order valence-electron chi connectivity index (χ4n) is 2.42. The van der Waals surface area contributed by atoms with Crippen LogP contribution in [0.5, 0.6) is 0 Å². The molecular weight excluding hydrogens is 190 g/mol. The summed E-state index contributed by atoms with van der Waals surface area (Å²) in [6.07, 6.45) is 5.20. The van der Waals surface area contributed by atoms with Crippen molar-refractivity contribution >= 4 is 0 Å². The van der Waals surface area contributed by atoms with Crippen molar-refractivity contribution in [3.8, 4) is 0 Å². The minimum absolute atomic E-state index is 0.490. The normalized spacial score (nSPS) is 34.2. The van der Waals surface area contributed by atoms with E-state index in [0.717, 1.165) is 32.3 Å². The molecule has 2 heterocycles. The van der Waals surface area contributed by atoms with Crippen LogP contribution >= 0.6 is 0 Å². The first kappa shape index (κ1) is 11.4. The van der Waals surface area contributed by atoms with Gasteiger partial charge in [-0.05, 0) is 45.1 Å². The highest BCUT2D eigenvalue weighted by atomic mass is 16.5. The molecule has 0 aromatic heterocycles. The third-order valence-corrected chi connectivity index (χ3v) is 3.48. The van der Waals surface area contributed by atoms with E-state index in [4.69, 9.17) is 9.47 Å². The molecule has 15 heavy (non-hydrogen) atoms. The molecule has 2 rings (SSSR count). The smallest absolute Gasteiger partial charge is 0.0602 e. The van der Waals surface area contributed by atoms with E-state index in [-0.39, 0.29) is 0 Å². The van der Waals surface area contributed by atoms with Crippen molar-refractivity contribution in [2.75, 3.05) is 26.4 Å². The van der Waals surface area contributed by atoms with Gasteiger partial charge in [-0.2, -0.15) is 0 Å². The minimum Gasteiger partial charge on any atom is -0.381 e. The Labute approximate surface area is 92.5 Å². The van der Waals surface area contributed by atoms with Gasteiger partial charge in [-0.1, -0.05) is 0 Å². The van der Waals surface area contributed by atoms with Crippen molar-refractivity contribution in [2.24, 2.45) is 5.92 Å². The van der Waals surface area contributed by atoms with Crippen LogP contribution in [0.3, 0.4) is 0 Å². The molecule has 0 aromatic rings. The fraction of sp³-hybridized carbons (Fsp3) is 1.00. The number of rotatable bonds is 3. The number of ether oxygens (including phenoxy) is 2. The molecule has 0 amide bonds. The zero-order chi connectivity index (χ0) is 10.5. The number of nitrogens with one attached hydrogen (secondary N) is 1. The molecule has 0 aliphatic carbocycles. The van der Waals surface area contributed by atoms with Crippen LogP contribution in [0, 0.1) is 5.92 Å². The van der Waals surface area contributed by atoms with Gasteiger partial charge in [-0.25, -0.2) is 0 Å². The number of hydrogen-bond acceptors (Lipinski definition) is 3. The zero-order valence-corrected chi connectivity index (χ0v) is 9.71. The average Bonchev–Trinajstić information content (AvgIpc) is 2.28. The SMILES string of the molecule is CC1CC(OCC2CCOCC2)CCN1. The lowest BCUT2D eigenvalue weighted by molar-refractivity contribution is -0.0249. The van der Waals surface area contributed by atoms with Gasteiger partial charge in [0.25, 0.3) is 0 Å². The third-order valence-electron chi connectivity index (χ3n) is 3.48. The minimum atomic E-state index is 0.490. The van der Waals surface area contributed by atoms with Crippen molar-refractivity contribution in [1.82, 2.24) is 5.32 Å². The molecule has 0 saturated carbocycles. The molecule has 0 radical (unpaired) electrons. The van der Waals surface area contributed by atoms with Crippen LogP contribution in [-0.2, 0) is 9.47 Å². The van der Waals surface area contributed by atoms with Crippen LogP contribution in [-0.4, -0.2) is 38.5 Å². The lowest BCUT2D eigenvalue weighted by atomic mass is 10.0. The first-order chi connectivity index (χ1) is 7.34. The lowest BCUT2D eigenvalue weighted by Gasteiger charge is -2.30. The van der Waals surface area contributed by atoms with E-state index in [1.807, 2.05) is 0 Å². The Kier molecular flexibility index (Phi) is 4.42. The molecule has 2 atom stereocenters. The topological polar surface area (TPSA) is 30.5 Å². The van der Waals surface area contributed by atoms with E-state index in [1.165, 1.54) is 25.7 Å². The molecule has 1 N–H and O–H groups in total. The van der Waals surface area contributed by atoms with E-state index in [0.29, 0.717) is 12.1 Å². The molecule has 2 fully saturated rings. The summed E-state index contributed by atoms with van der Waals surface area (Å²) >= 11 is 0. The second kappa shape index (κ2) is 5.83. The Morgan fingerprint density at radius 3 is 2.80 bits per heavy atom. The maximum atomic E-state index is 6.00. The summed E-state index contributed by atoms with van der Waals surface area (Å²) in [6, 6.07) is 0.624. The molecule has 0 bridgehead atoms. The van der Waals surface area contributed by atoms with E-state index < -0.39 is 0 Å². The van der Waals surface area contributed by atoms with Gasteiger partial charge in [0, 0.05) is 25.9 Å². The standard InChI is InChI=1S/C12H23NO2/c1-10-8-12(2-5-13-10)15-9-11-3-6-14-7-4-11/h10-13H,2-9H2,1H3. The lowest BCUT2D eigenvalue weighted by Crippen LogP contribution is -2.40. The summed E-state index contributed by atoms with van der Waals surface area (Å²) in [5.74, 6) is 0.740. The van der Waals surface area contributed by atoms with Gasteiger partial charge >= 0.3 is 0 Å². The second-order valence-electron chi connectivity index (χ2n) is 4.89. The molecule has 2 saturated heterocycles. The summed E-state index contributed by atoms with van der Waals surface area (Å²) in [5, 5.41) is 3.45. The fourth-order valence-corrected chi connectivity index (χ4v) is 2.42. The summed E-state index contributed by atoms with van der Waals surface area (Å²) in [5.41, 5.74) is 0. The van der Waals surface area contributed by atoms with Gasteiger partial charge in [0.05, 0.1) is 6.10 Å². The average molecular weight is 213 g/mol. The van der Waals surface area contributed by atoms with E-state index in [2.05, 4.69) is 12.2 Å². The second-order valence-corrected chi connectivity index (χ2v) is 4.89. The first-order valence-corrected chi connectivity index (χ1v) is 6.27. The van der Waals surface area contributed by atoms with Gasteiger partial charge in [-0.15, -0.1) is 0 Å². The Morgan fingerprint density at radius 1 is 1.27 bits per heavy atom. The molecule has 0 aromatic carbocycles. The van der Waals surface area contributed by atoms with Gasteiger partial charge in [0.2, 0.25) is 0 Å². The van der Waals surface area contributed by atoms with Crippen molar-refractivity contribution < 1.29 is 9.47 Å². The molecule has 88 valence electrons. The molecule has 0 spiro atoms. The zero-order valence-electron chi connectivity index (χ0n) is 9.71. The Morgan fingerprint density at radius 2 is 2.07 bits per heavy atom. The predicted octanol–water partition coefficient (Wildman–Crippen LogP) is 1.57. The van der Waals surface area contributed by atoms with Crippen molar-refractivity contribution in [1.29, 1.82) is 0 Å². The first-order valence-electron chi connectivity index (χ1n) is 6.27. The maximum absolute atomic E-state index is 6.00. The van der Waals surface area contributed by atoms with Gasteiger partial charge in [-0.3, -0.25) is 0 Å². The maximum Gasteiger partial charge on any atom is 0.0602 e. The van der Waals surface area contributed by atoms with E-state index in [1.54, 1.807) is 0 Å². The summed E-state index contributed by atoms with van der Waals surface area (Å²) in [7, 11) is 0. The Hall–Kier alpha value is -0.120. The monoisotopic (exact) mass is 213 g/mol. The molecule has 3 nitrogen and oxygen atoms in total. The van der Waals surface area contributed by atoms with Crippen molar-refractivity contribution in [3.05, 3.63) is 0 Å². The van der Waals surface area contributed by atoms with E-state index >= 15 is 0 Å². The Balaban J connectivity index is 1.63. The van der Waals surface area contributed by atoms with Crippen molar-refractivity contribution in [3.63, 3.8) is 0 Å². The molecule has 2 aliphatic heterocycles. The quantitative estimate of drug-likeness (QED) is 0.772. The van der Waals surface area contributed by atoms with Gasteiger partial charge in [0.15, 0.2) is 0 Å².